The van der Waals surface area contributed by atoms with E-state index in [-0.39, 0.29) is 0 Å². The first kappa shape index (κ1) is 40.6. The predicted octanol–water partition coefficient (Wildman–Crippen LogP) is 18.7. The molecule has 4 aromatic heterocycles. The van der Waals surface area contributed by atoms with Gasteiger partial charge < -0.3 is 13.6 Å². The fourth-order valence-corrected chi connectivity index (χ4v) is 12.3. The molecule has 5 heteroatoms. The molecule has 0 spiro atoms. The van der Waals surface area contributed by atoms with Crippen molar-refractivity contribution in [2.75, 3.05) is 0 Å². The molecule has 15 rings (SSSR count). The van der Waals surface area contributed by atoms with Gasteiger partial charge in [-0.25, -0.2) is 4.98 Å². The molecule has 0 bridgehead atoms. The first-order valence-corrected chi connectivity index (χ1v) is 25.2. The van der Waals surface area contributed by atoms with E-state index in [1.165, 1.54) is 71.4 Å². The lowest BCUT2D eigenvalue weighted by molar-refractivity contribution is 0.669. The minimum atomic E-state index is 0.879. The molecule has 0 N–H and O–H groups in total. The lowest BCUT2D eigenvalue weighted by Crippen LogP contribution is -1.92. The van der Waals surface area contributed by atoms with Crippen LogP contribution in [0.25, 0.3) is 142 Å². The minimum Gasteiger partial charge on any atom is -0.456 e. The number of benzene rings is 11. The summed E-state index contributed by atoms with van der Waals surface area (Å²) in [6.45, 7) is 0. The van der Waals surface area contributed by atoms with E-state index in [0.717, 1.165) is 70.8 Å². The number of nitrogens with zero attached hydrogens (tertiary/aromatic N) is 3. The average molecular weight is 936 g/mol. The molecule has 0 aliphatic rings. The Bertz CT molecular complexity index is 4360. The van der Waals surface area contributed by atoms with E-state index in [0.29, 0.717) is 0 Å². The van der Waals surface area contributed by atoms with Crippen molar-refractivity contribution in [3.8, 4) is 66.5 Å². The van der Waals surface area contributed by atoms with Crippen LogP contribution in [0.15, 0.2) is 253 Å². The normalized spacial score (nSPS) is 11.9. The van der Waals surface area contributed by atoms with Crippen LogP contribution in [0.5, 0.6) is 0 Å². The zero-order chi connectivity index (χ0) is 47.3. The third-order valence-electron chi connectivity index (χ3n) is 14.6. The van der Waals surface area contributed by atoms with Gasteiger partial charge in [-0.05, 0) is 118 Å². The monoisotopic (exact) mass is 935 g/mol. The molecule has 0 unspecified atom stereocenters. The molecule has 4 heterocycles. The van der Waals surface area contributed by atoms with Crippen LogP contribution in [0.4, 0.5) is 0 Å². The largest absolute Gasteiger partial charge is 0.456 e. The molecule has 0 aliphatic carbocycles. The summed E-state index contributed by atoms with van der Waals surface area (Å²) in [6, 6.07) is 89.8. The summed E-state index contributed by atoms with van der Waals surface area (Å²) in [4.78, 5) is 5.51. The fraction of sp³-hybridized carbons (Fsp3) is 0. The van der Waals surface area contributed by atoms with E-state index in [1.54, 1.807) is 11.3 Å². The molecule has 0 saturated heterocycles. The van der Waals surface area contributed by atoms with Crippen LogP contribution in [0.1, 0.15) is 0 Å². The summed E-state index contributed by atoms with van der Waals surface area (Å²) in [5.74, 6) is 0. The molecule has 72 heavy (non-hydrogen) atoms. The van der Waals surface area contributed by atoms with Gasteiger partial charge in [-0.1, -0.05) is 164 Å². The van der Waals surface area contributed by atoms with E-state index in [1.807, 2.05) is 12.1 Å². The number of para-hydroxylation sites is 5. The molecule has 0 amide bonds. The van der Waals surface area contributed by atoms with Gasteiger partial charge in [0.2, 0.25) is 0 Å². The number of fused-ring (bicyclic) bond motifs is 10. The molecule has 336 valence electrons. The maximum Gasteiger partial charge on any atom is 0.135 e. The predicted molar refractivity (Wildman–Crippen MR) is 303 cm³/mol. The highest BCUT2D eigenvalue weighted by Crippen LogP contribution is 2.44. The second-order valence-corrected chi connectivity index (χ2v) is 19.7. The molecule has 0 radical (unpaired) electrons. The quantitative estimate of drug-likeness (QED) is 0.160. The van der Waals surface area contributed by atoms with Crippen molar-refractivity contribution in [2.45, 2.75) is 0 Å². The van der Waals surface area contributed by atoms with Crippen molar-refractivity contribution in [1.82, 2.24) is 14.1 Å². The summed E-state index contributed by atoms with van der Waals surface area (Å²) >= 11 is 1.76. The van der Waals surface area contributed by atoms with E-state index >= 15 is 0 Å². The molecule has 11 aromatic carbocycles. The number of hydrogen-bond donors (Lipinski definition) is 0. The Hall–Kier alpha value is -9.29. The summed E-state index contributed by atoms with van der Waals surface area (Å²) in [7, 11) is 0. The number of hydrogen-bond acceptors (Lipinski definition) is 3. The highest BCUT2D eigenvalue weighted by atomic mass is 32.1. The Morgan fingerprint density at radius 2 is 0.736 bits per heavy atom. The summed E-state index contributed by atoms with van der Waals surface area (Å²) in [5.41, 5.74) is 20.3. The molecular weight excluding hydrogens is 895 g/mol. The van der Waals surface area contributed by atoms with Gasteiger partial charge >= 0.3 is 0 Å². The second kappa shape index (κ2) is 16.1. The van der Waals surface area contributed by atoms with Gasteiger partial charge in [0.05, 0.1) is 32.3 Å². The number of thiazole rings is 1. The zero-order valence-corrected chi connectivity index (χ0v) is 39.6. The van der Waals surface area contributed by atoms with Crippen LogP contribution in [0.2, 0.25) is 0 Å². The lowest BCUT2D eigenvalue weighted by atomic mass is 9.95. The van der Waals surface area contributed by atoms with Crippen molar-refractivity contribution in [1.29, 1.82) is 0 Å². The Labute approximate surface area is 418 Å². The number of rotatable bonds is 7. The smallest absolute Gasteiger partial charge is 0.135 e. The maximum absolute atomic E-state index is 6.24. The summed E-state index contributed by atoms with van der Waals surface area (Å²) < 4.78 is 12.1. The molecule has 4 nitrogen and oxygen atoms in total. The molecular formula is C67H41N3OS. The van der Waals surface area contributed by atoms with Gasteiger partial charge in [-0.15, -0.1) is 11.3 Å². The van der Waals surface area contributed by atoms with Crippen LogP contribution < -0.4 is 0 Å². The number of furan rings is 1. The first-order valence-electron chi connectivity index (χ1n) is 24.4. The van der Waals surface area contributed by atoms with E-state index < -0.39 is 0 Å². The van der Waals surface area contributed by atoms with Crippen LogP contribution in [0, 0.1) is 0 Å². The Morgan fingerprint density at radius 1 is 0.306 bits per heavy atom. The maximum atomic E-state index is 6.24. The van der Waals surface area contributed by atoms with Crippen molar-refractivity contribution in [3.05, 3.63) is 249 Å². The zero-order valence-electron chi connectivity index (χ0n) is 38.8. The second-order valence-electron chi connectivity index (χ2n) is 18.7. The summed E-state index contributed by atoms with van der Waals surface area (Å²) in [5, 5.41) is 8.16. The number of aromatic nitrogens is 3. The fourth-order valence-electron chi connectivity index (χ4n) is 11.1. The van der Waals surface area contributed by atoms with Gasteiger partial charge in [-0.3, -0.25) is 0 Å². The minimum absolute atomic E-state index is 0.879. The van der Waals surface area contributed by atoms with Crippen LogP contribution in [0.3, 0.4) is 0 Å². The van der Waals surface area contributed by atoms with Gasteiger partial charge in [-0.2, -0.15) is 0 Å². The molecule has 0 fully saturated rings. The van der Waals surface area contributed by atoms with E-state index in [4.69, 9.17) is 9.40 Å². The van der Waals surface area contributed by atoms with Gasteiger partial charge in [0.15, 0.2) is 0 Å². The SMILES string of the molecule is c1ccc(-n2c3ccccc3c3cc(-c4ccc(-c5ccc(-c6ccc(-c7ccc8c(c7)c7ccccc7n8-c7ccccc7)cc6)c6sc(-c7ccc8oc9ccccc9c8c7)nc56)cc4)ccc32)cc1. The van der Waals surface area contributed by atoms with E-state index in [2.05, 4.69) is 246 Å². The molecule has 0 aliphatic heterocycles. The third-order valence-corrected chi connectivity index (χ3v) is 15.7. The Morgan fingerprint density at radius 3 is 1.33 bits per heavy atom. The van der Waals surface area contributed by atoms with Crippen LogP contribution >= 0.6 is 11.3 Å². The lowest BCUT2D eigenvalue weighted by Gasteiger charge is -2.11. The topological polar surface area (TPSA) is 35.9 Å². The third kappa shape index (κ3) is 6.41. The van der Waals surface area contributed by atoms with Gasteiger partial charge in [0.1, 0.15) is 16.2 Å². The standard InChI is InChI=1S/C67H41N3OS/c1-3-13-49(14-4-1)69-59-20-10-7-17-53(59)56-39-46(31-36-61(56)69)42-23-27-44(28-24-42)51-34-35-52(66-65(51)68-67(72-66)48-33-38-64-58(41-48)55-19-9-12-22-63(55)71-64)45-29-25-43(26-30-45)47-32-37-62-57(40-47)54-18-8-11-21-60(54)70(62)50-15-5-2-6-16-50/h1-41H. The van der Waals surface area contributed by atoms with Crippen LogP contribution in [-0.2, 0) is 0 Å². The highest BCUT2D eigenvalue weighted by molar-refractivity contribution is 7.22. The van der Waals surface area contributed by atoms with Crippen molar-refractivity contribution >= 4 is 87.1 Å². The van der Waals surface area contributed by atoms with Crippen LogP contribution in [-0.4, -0.2) is 14.1 Å². The first-order chi connectivity index (χ1) is 35.7. The molecule has 0 atom stereocenters. The molecule has 0 saturated carbocycles. The van der Waals surface area contributed by atoms with E-state index in [9.17, 15) is 0 Å². The van der Waals surface area contributed by atoms with Crippen molar-refractivity contribution < 1.29 is 4.42 Å². The van der Waals surface area contributed by atoms with Crippen molar-refractivity contribution in [2.24, 2.45) is 0 Å². The molecule has 15 aromatic rings. The Kier molecular flexibility index (Phi) is 9.10. The van der Waals surface area contributed by atoms with Gasteiger partial charge in [0, 0.05) is 60.4 Å². The van der Waals surface area contributed by atoms with Crippen molar-refractivity contribution in [3.63, 3.8) is 0 Å². The summed E-state index contributed by atoms with van der Waals surface area (Å²) in [6.07, 6.45) is 0. The highest BCUT2D eigenvalue weighted by Gasteiger charge is 2.20. The Balaban J connectivity index is 0.825. The van der Waals surface area contributed by atoms with Gasteiger partial charge in [0.25, 0.3) is 0 Å². The average Bonchev–Trinajstić information content (AvgIpc) is 4.23.